The highest BCUT2D eigenvalue weighted by Gasteiger charge is 2.09. The van der Waals surface area contributed by atoms with E-state index in [-0.39, 0.29) is 18.4 Å². The number of carbonyl (C=O) groups excluding carboxylic acids is 2. The summed E-state index contributed by atoms with van der Waals surface area (Å²) in [6.07, 6.45) is 1.51. The number of halogens is 3. The summed E-state index contributed by atoms with van der Waals surface area (Å²) in [5.74, 6) is -0.194. The van der Waals surface area contributed by atoms with Gasteiger partial charge < -0.3 is 15.4 Å². The number of nitrogens with one attached hydrogen (secondary N) is 3. The topological polar surface area (TPSA) is 105 Å². The summed E-state index contributed by atoms with van der Waals surface area (Å²) in [6, 6.07) is 26.2. The third-order valence-corrected chi connectivity index (χ3v) is 7.62. The molecule has 5 aromatic rings. The number of carbonyl (C=O) groups is 2. The van der Waals surface area contributed by atoms with Gasteiger partial charge in [0.1, 0.15) is 5.75 Å². The van der Waals surface area contributed by atoms with Crippen LogP contribution in [0.3, 0.4) is 0 Å². The van der Waals surface area contributed by atoms with Gasteiger partial charge in [-0.15, -0.1) is 11.3 Å². The third kappa shape index (κ3) is 8.56. The second-order valence-corrected chi connectivity index (χ2v) is 11.1. The van der Waals surface area contributed by atoms with Crippen LogP contribution in [0.2, 0.25) is 15.1 Å². The van der Waals surface area contributed by atoms with Crippen LogP contribution >= 0.6 is 46.1 Å². The zero-order chi connectivity index (χ0) is 30.2. The van der Waals surface area contributed by atoms with Crippen LogP contribution in [0.25, 0.3) is 11.3 Å². The smallest absolute Gasteiger partial charge is 0.271 e. The van der Waals surface area contributed by atoms with Gasteiger partial charge in [0.25, 0.3) is 11.8 Å². The van der Waals surface area contributed by atoms with E-state index in [1.54, 1.807) is 54.6 Å². The summed E-state index contributed by atoms with van der Waals surface area (Å²) in [6.45, 7) is -0.188. The summed E-state index contributed by atoms with van der Waals surface area (Å²) in [4.78, 5) is 29.3. The van der Waals surface area contributed by atoms with Crippen LogP contribution in [0.5, 0.6) is 5.75 Å². The van der Waals surface area contributed by atoms with Crippen LogP contribution in [-0.2, 0) is 4.79 Å². The lowest BCUT2D eigenvalue weighted by atomic mass is 10.1. The van der Waals surface area contributed by atoms with E-state index in [0.717, 1.165) is 27.6 Å². The van der Waals surface area contributed by atoms with Gasteiger partial charge in [0.05, 0.1) is 22.0 Å². The Morgan fingerprint density at radius 1 is 0.860 bits per heavy atom. The number of ether oxygens (including phenoxy) is 1. The number of rotatable bonds is 10. The van der Waals surface area contributed by atoms with Crippen molar-refractivity contribution in [1.82, 2.24) is 10.4 Å². The molecule has 0 saturated carbocycles. The molecule has 12 heteroatoms. The van der Waals surface area contributed by atoms with Crippen LogP contribution in [-0.4, -0.2) is 29.6 Å². The number of hydrogen-bond donors (Lipinski definition) is 3. The number of nitrogens with zero attached hydrogens (tertiary/aromatic N) is 2. The molecule has 5 rings (SSSR count). The Labute approximate surface area is 266 Å². The molecule has 0 radical (unpaired) electrons. The van der Waals surface area contributed by atoms with Crippen molar-refractivity contribution in [3.05, 3.63) is 123 Å². The first-order chi connectivity index (χ1) is 20.8. The number of aromatic nitrogens is 1. The van der Waals surface area contributed by atoms with Crippen molar-refractivity contribution in [2.24, 2.45) is 5.10 Å². The van der Waals surface area contributed by atoms with Crippen molar-refractivity contribution in [2.75, 3.05) is 17.2 Å². The molecule has 0 unspecified atom stereocenters. The van der Waals surface area contributed by atoms with Crippen LogP contribution in [0.4, 0.5) is 16.5 Å². The molecule has 1 heterocycles. The first-order valence-corrected chi connectivity index (χ1v) is 14.7. The minimum atomic E-state index is -0.348. The average molecular weight is 651 g/mol. The molecule has 0 aliphatic rings. The zero-order valence-electron chi connectivity index (χ0n) is 22.2. The van der Waals surface area contributed by atoms with Crippen molar-refractivity contribution in [1.29, 1.82) is 0 Å². The van der Waals surface area contributed by atoms with Crippen molar-refractivity contribution >= 4 is 80.7 Å². The second-order valence-electron chi connectivity index (χ2n) is 8.98. The van der Waals surface area contributed by atoms with Crippen molar-refractivity contribution in [3.63, 3.8) is 0 Å². The fourth-order valence-corrected chi connectivity index (χ4v) is 4.88. The maximum absolute atomic E-state index is 12.6. The van der Waals surface area contributed by atoms with Crippen LogP contribution in [0.15, 0.2) is 101 Å². The maximum Gasteiger partial charge on any atom is 0.271 e. The number of thiazole rings is 1. The van der Waals surface area contributed by atoms with Gasteiger partial charge in [0.2, 0.25) is 0 Å². The van der Waals surface area contributed by atoms with Crippen LogP contribution < -0.4 is 20.8 Å². The fraction of sp³-hybridized carbons (Fsp3) is 0.0323. The minimum absolute atomic E-state index is 0.188. The van der Waals surface area contributed by atoms with Gasteiger partial charge in [0, 0.05) is 32.9 Å². The molecule has 0 aliphatic heterocycles. The average Bonchev–Trinajstić information content (AvgIpc) is 3.48. The van der Waals surface area contributed by atoms with Crippen molar-refractivity contribution in [2.45, 2.75) is 0 Å². The van der Waals surface area contributed by atoms with Crippen molar-refractivity contribution in [3.8, 4) is 17.0 Å². The Morgan fingerprint density at radius 3 is 2.30 bits per heavy atom. The predicted octanol–water partition coefficient (Wildman–Crippen LogP) is 8.30. The molecular formula is C31H22Cl3N5O3S. The predicted molar refractivity (Wildman–Crippen MR) is 174 cm³/mol. The van der Waals surface area contributed by atoms with E-state index in [4.69, 9.17) is 39.5 Å². The molecule has 0 bridgehead atoms. The Bertz CT molecular complexity index is 1760. The summed E-state index contributed by atoms with van der Waals surface area (Å²) in [7, 11) is 0. The van der Waals surface area contributed by atoms with Crippen LogP contribution in [0, 0.1) is 0 Å². The van der Waals surface area contributed by atoms with E-state index in [1.165, 1.54) is 17.6 Å². The van der Waals surface area contributed by atoms with E-state index >= 15 is 0 Å². The number of amides is 2. The summed E-state index contributed by atoms with van der Waals surface area (Å²) in [5, 5.41) is 14.1. The van der Waals surface area contributed by atoms with E-state index in [1.807, 2.05) is 41.8 Å². The fourth-order valence-electron chi connectivity index (χ4n) is 3.71. The molecule has 43 heavy (non-hydrogen) atoms. The van der Waals surface area contributed by atoms with Gasteiger partial charge in [-0.3, -0.25) is 9.59 Å². The number of hydrazone groups is 1. The van der Waals surface area contributed by atoms with Crippen molar-refractivity contribution < 1.29 is 14.3 Å². The standard InChI is InChI=1S/C31H22Cl3N5O3S/c32-22-7-9-23(10-8-22)37-31-38-28(18-43-31)20-3-5-21(6-4-20)30(41)39-35-16-19-1-12-25(13-2-19)42-17-29(40)36-24-11-14-26(33)27(34)15-24/h1-16,18H,17H2,(H,36,40)(H,37,38)(H,39,41)/b35-16-. The normalized spacial score (nSPS) is 10.9. The molecule has 0 atom stereocenters. The molecule has 3 N–H and O–H groups in total. The number of anilines is 3. The SMILES string of the molecule is O=C(COc1ccc(/C=N\NC(=O)c2ccc(-c3csc(Nc4ccc(Cl)cc4)n3)cc2)cc1)Nc1ccc(Cl)c(Cl)c1. The highest BCUT2D eigenvalue weighted by Crippen LogP contribution is 2.28. The molecule has 0 spiro atoms. The molecule has 4 aromatic carbocycles. The van der Waals surface area contributed by atoms with Crippen LogP contribution in [0.1, 0.15) is 15.9 Å². The summed E-state index contributed by atoms with van der Waals surface area (Å²) < 4.78 is 5.53. The Morgan fingerprint density at radius 2 is 1.58 bits per heavy atom. The van der Waals surface area contributed by atoms with Gasteiger partial charge in [-0.1, -0.05) is 46.9 Å². The molecular weight excluding hydrogens is 629 g/mol. The lowest BCUT2D eigenvalue weighted by molar-refractivity contribution is -0.118. The number of benzene rings is 4. The zero-order valence-corrected chi connectivity index (χ0v) is 25.3. The highest BCUT2D eigenvalue weighted by atomic mass is 35.5. The largest absolute Gasteiger partial charge is 0.484 e. The highest BCUT2D eigenvalue weighted by molar-refractivity contribution is 7.14. The molecule has 8 nitrogen and oxygen atoms in total. The Hall–Kier alpha value is -4.41. The monoisotopic (exact) mass is 649 g/mol. The van der Waals surface area contributed by atoms with E-state index in [0.29, 0.717) is 32.1 Å². The van der Waals surface area contributed by atoms with Gasteiger partial charge in [-0.2, -0.15) is 5.10 Å². The van der Waals surface area contributed by atoms with Gasteiger partial charge in [0.15, 0.2) is 11.7 Å². The lowest BCUT2D eigenvalue weighted by Gasteiger charge is -2.08. The summed E-state index contributed by atoms with van der Waals surface area (Å²) >= 11 is 19.3. The molecule has 0 aliphatic carbocycles. The van der Waals surface area contributed by atoms with E-state index in [2.05, 4.69) is 26.1 Å². The quantitative estimate of drug-likeness (QED) is 0.104. The molecule has 1 aromatic heterocycles. The molecule has 0 saturated heterocycles. The van der Waals surface area contributed by atoms with Gasteiger partial charge in [-0.05, 0) is 84.4 Å². The second kappa shape index (κ2) is 14.2. The third-order valence-electron chi connectivity index (χ3n) is 5.88. The maximum atomic E-state index is 12.6. The van der Waals surface area contributed by atoms with E-state index < -0.39 is 0 Å². The summed E-state index contributed by atoms with van der Waals surface area (Å²) in [5.41, 5.74) is 6.80. The van der Waals surface area contributed by atoms with Gasteiger partial charge >= 0.3 is 0 Å². The lowest BCUT2D eigenvalue weighted by Crippen LogP contribution is -2.20. The minimum Gasteiger partial charge on any atom is -0.484 e. The number of hydrogen-bond acceptors (Lipinski definition) is 7. The molecule has 216 valence electrons. The van der Waals surface area contributed by atoms with Gasteiger partial charge in [-0.25, -0.2) is 10.4 Å². The molecule has 0 fully saturated rings. The Kier molecular flexibility index (Phi) is 9.91. The first-order valence-electron chi connectivity index (χ1n) is 12.7. The van der Waals surface area contributed by atoms with E-state index in [9.17, 15) is 9.59 Å². The first kappa shape index (κ1) is 30.1. The molecule has 2 amide bonds. The Balaban J connectivity index is 1.08.